The van der Waals surface area contributed by atoms with Crippen molar-refractivity contribution in [2.45, 2.75) is 64.0 Å². The summed E-state index contributed by atoms with van der Waals surface area (Å²) in [6.45, 7) is 12.1. The predicted octanol–water partition coefficient (Wildman–Crippen LogP) is 2.23. The van der Waals surface area contributed by atoms with Gasteiger partial charge in [-0.25, -0.2) is 0 Å². The molecule has 0 aromatic rings. The maximum Gasteiger partial charge on any atom is 0.240 e. The SMILES string of the molecule is CC[C@@H]1CN([C@H](CC)C(=O)N2CCS[C@H](C)[C@H]2C)CCO1. The molecule has 0 unspecified atom stereocenters. The second-order valence-electron chi connectivity index (χ2n) is 6.17. The normalized spacial score (nSPS) is 33.0. The van der Waals surface area contributed by atoms with Gasteiger partial charge in [0.1, 0.15) is 0 Å². The van der Waals surface area contributed by atoms with E-state index in [1.165, 1.54) is 0 Å². The van der Waals surface area contributed by atoms with Gasteiger partial charge in [0.05, 0.1) is 18.8 Å². The quantitative estimate of drug-likeness (QED) is 0.797. The van der Waals surface area contributed by atoms with Gasteiger partial charge in [-0.15, -0.1) is 0 Å². The number of amides is 1. The average molecular weight is 314 g/mol. The summed E-state index contributed by atoms with van der Waals surface area (Å²) in [4.78, 5) is 17.5. The zero-order valence-corrected chi connectivity index (χ0v) is 14.7. The van der Waals surface area contributed by atoms with E-state index in [9.17, 15) is 4.79 Å². The minimum atomic E-state index is 0.0284. The number of carbonyl (C=O) groups is 1. The highest BCUT2D eigenvalue weighted by molar-refractivity contribution is 8.00. The molecular weight excluding hydrogens is 284 g/mol. The molecule has 4 atom stereocenters. The van der Waals surface area contributed by atoms with Crippen LogP contribution in [0, 0.1) is 0 Å². The first-order valence-electron chi connectivity index (χ1n) is 8.36. The van der Waals surface area contributed by atoms with Crippen LogP contribution in [0.3, 0.4) is 0 Å². The van der Waals surface area contributed by atoms with Crippen molar-refractivity contribution >= 4 is 17.7 Å². The van der Waals surface area contributed by atoms with Crippen molar-refractivity contribution in [3.63, 3.8) is 0 Å². The van der Waals surface area contributed by atoms with Crippen molar-refractivity contribution in [1.29, 1.82) is 0 Å². The highest BCUT2D eigenvalue weighted by atomic mass is 32.2. The first-order chi connectivity index (χ1) is 10.1. The summed E-state index contributed by atoms with van der Waals surface area (Å²) >= 11 is 1.98. The molecule has 0 aromatic heterocycles. The molecule has 5 heteroatoms. The van der Waals surface area contributed by atoms with E-state index in [1.807, 2.05) is 11.8 Å². The third-order valence-electron chi connectivity index (χ3n) is 4.91. The first kappa shape index (κ1) is 17.1. The summed E-state index contributed by atoms with van der Waals surface area (Å²) in [5, 5.41) is 0.535. The molecule has 2 rings (SSSR count). The number of carbonyl (C=O) groups excluding carboxylic acids is 1. The fourth-order valence-corrected chi connectivity index (χ4v) is 4.40. The molecule has 2 heterocycles. The van der Waals surface area contributed by atoms with Crippen molar-refractivity contribution < 1.29 is 9.53 Å². The van der Waals surface area contributed by atoms with E-state index >= 15 is 0 Å². The summed E-state index contributed by atoms with van der Waals surface area (Å²) < 4.78 is 5.75. The topological polar surface area (TPSA) is 32.8 Å². The predicted molar refractivity (Wildman–Crippen MR) is 88.8 cm³/mol. The Morgan fingerprint density at radius 2 is 2.10 bits per heavy atom. The molecule has 2 aliphatic rings. The van der Waals surface area contributed by atoms with Crippen LogP contribution in [0.2, 0.25) is 0 Å². The Morgan fingerprint density at radius 3 is 2.76 bits per heavy atom. The first-order valence-corrected chi connectivity index (χ1v) is 9.41. The molecule has 2 aliphatic heterocycles. The smallest absolute Gasteiger partial charge is 0.240 e. The highest BCUT2D eigenvalue weighted by Crippen LogP contribution is 2.26. The van der Waals surface area contributed by atoms with Gasteiger partial charge in [0.2, 0.25) is 5.91 Å². The van der Waals surface area contributed by atoms with Gasteiger partial charge in [-0.3, -0.25) is 9.69 Å². The lowest BCUT2D eigenvalue weighted by atomic mass is 10.1. The average Bonchev–Trinajstić information content (AvgIpc) is 2.51. The Labute approximate surface area is 133 Å². The molecule has 1 amide bonds. The molecule has 0 radical (unpaired) electrons. The second-order valence-corrected chi connectivity index (χ2v) is 7.65. The van der Waals surface area contributed by atoms with Crippen LogP contribution in [0.1, 0.15) is 40.5 Å². The molecule has 0 bridgehead atoms. The third kappa shape index (κ3) is 3.93. The van der Waals surface area contributed by atoms with Gasteiger partial charge in [-0.1, -0.05) is 20.8 Å². The van der Waals surface area contributed by atoms with Gasteiger partial charge in [0, 0.05) is 36.7 Å². The maximum absolute atomic E-state index is 13.0. The fraction of sp³-hybridized carbons (Fsp3) is 0.938. The van der Waals surface area contributed by atoms with Gasteiger partial charge < -0.3 is 9.64 Å². The minimum Gasteiger partial charge on any atom is -0.376 e. The number of nitrogens with zero attached hydrogens (tertiary/aromatic N) is 2. The monoisotopic (exact) mass is 314 g/mol. The number of morpholine rings is 1. The second kappa shape index (κ2) is 7.84. The summed E-state index contributed by atoms with van der Waals surface area (Å²) in [6, 6.07) is 0.369. The van der Waals surface area contributed by atoms with E-state index in [4.69, 9.17) is 4.74 Å². The molecule has 0 spiro atoms. The number of hydrogen-bond acceptors (Lipinski definition) is 4. The van der Waals surface area contributed by atoms with Crippen LogP contribution in [0.5, 0.6) is 0 Å². The van der Waals surface area contributed by atoms with E-state index in [2.05, 4.69) is 37.5 Å². The Balaban J connectivity index is 2.03. The van der Waals surface area contributed by atoms with Crippen LogP contribution in [-0.2, 0) is 9.53 Å². The van der Waals surface area contributed by atoms with Gasteiger partial charge in [-0.05, 0) is 19.8 Å². The number of thioether (sulfide) groups is 1. The summed E-state index contributed by atoms with van der Waals surface area (Å²) in [7, 11) is 0. The Morgan fingerprint density at radius 1 is 1.33 bits per heavy atom. The number of hydrogen-bond donors (Lipinski definition) is 0. The Kier molecular flexibility index (Phi) is 6.38. The van der Waals surface area contributed by atoms with Crippen molar-refractivity contribution in [2.24, 2.45) is 0 Å². The van der Waals surface area contributed by atoms with Crippen molar-refractivity contribution in [2.75, 3.05) is 32.0 Å². The molecule has 2 fully saturated rings. The van der Waals surface area contributed by atoms with Crippen LogP contribution in [0.15, 0.2) is 0 Å². The molecule has 122 valence electrons. The van der Waals surface area contributed by atoms with Crippen LogP contribution in [0.25, 0.3) is 0 Å². The van der Waals surface area contributed by atoms with Crippen molar-refractivity contribution in [3.8, 4) is 0 Å². The fourth-order valence-electron chi connectivity index (χ4n) is 3.30. The van der Waals surface area contributed by atoms with E-state index in [1.54, 1.807) is 0 Å². The molecule has 0 aromatic carbocycles. The lowest BCUT2D eigenvalue weighted by Gasteiger charge is -2.43. The molecule has 0 saturated carbocycles. The Hall–Kier alpha value is -0.260. The number of rotatable bonds is 4. The summed E-state index contributed by atoms with van der Waals surface area (Å²) in [6.07, 6.45) is 2.20. The minimum absolute atomic E-state index is 0.0284. The van der Waals surface area contributed by atoms with Gasteiger partial charge >= 0.3 is 0 Å². The van der Waals surface area contributed by atoms with E-state index in [-0.39, 0.29) is 12.1 Å². The molecule has 21 heavy (non-hydrogen) atoms. The summed E-state index contributed by atoms with van der Waals surface area (Å²) in [5.41, 5.74) is 0. The molecule has 0 aliphatic carbocycles. The molecule has 0 N–H and O–H groups in total. The van der Waals surface area contributed by atoms with Crippen LogP contribution >= 0.6 is 11.8 Å². The zero-order chi connectivity index (χ0) is 15.4. The van der Waals surface area contributed by atoms with Crippen LogP contribution in [-0.4, -0.2) is 71.1 Å². The van der Waals surface area contributed by atoms with Crippen molar-refractivity contribution in [3.05, 3.63) is 0 Å². The molecule has 2 saturated heterocycles. The van der Waals surface area contributed by atoms with E-state index < -0.39 is 0 Å². The molecular formula is C16H30N2O2S. The largest absolute Gasteiger partial charge is 0.376 e. The zero-order valence-electron chi connectivity index (χ0n) is 13.9. The third-order valence-corrected chi connectivity index (χ3v) is 6.24. The standard InChI is InChI=1S/C16H30N2O2S/c1-5-14-11-17(7-9-20-14)15(6-2)16(19)18-8-10-21-13(4)12(18)3/h12-15H,5-11H2,1-4H3/t12-,13-,14-,15-/m1/s1. The van der Waals surface area contributed by atoms with E-state index in [0.29, 0.717) is 17.2 Å². The van der Waals surface area contributed by atoms with Gasteiger partial charge in [0.15, 0.2) is 0 Å². The van der Waals surface area contributed by atoms with Gasteiger partial charge in [0.25, 0.3) is 0 Å². The maximum atomic E-state index is 13.0. The molecule has 4 nitrogen and oxygen atoms in total. The number of ether oxygens (including phenoxy) is 1. The van der Waals surface area contributed by atoms with Gasteiger partial charge in [-0.2, -0.15) is 11.8 Å². The highest BCUT2D eigenvalue weighted by Gasteiger charge is 2.36. The van der Waals surface area contributed by atoms with Crippen molar-refractivity contribution in [1.82, 2.24) is 9.80 Å². The van der Waals surface area contributed by atoms with E-state index in [0.717, 1.165) is 44.8 Å². The lowest BCUT2D eigenvalue weighted by molar-refractivity contribution is -0.142. The lowest BCUT2D eigenvalue weighted by Crippen LogP contribution is -2.58. The van der Waals surface area contributed by atoms with Crippen LogP contribution < -0.4 is 0 Å². The summed E-state index contributed by atoms with van der Waals surface area (Å²) in [5.74, 6) is 1.39. The van der Waals surface area contributed by atoms with Crippen LogP contribution in [0.4, 0.5) is 0 Å². The Bertz CT molecular complexity index is 353.